The Balaban J connectivity index is 1.98. The first-order chi connectivity index (χ1) is 10.0. The topological polar surface area (TPSA) is 65.9 Å². The molecule has 1 saturated heterocycles. The number of hydrogen-bond donors (Lipinski definition) is 1. The number of ether oxygens (including phenoxy) is 1. The van der Waals surface area contributed by atoms with Crippen molar-refractivity contribution in [2.24, 2.45) is 0 Å². The van der Waals surface area contributed by atoms with Gasteiger partial charge in [0.15, 0.2) is 5.13 Å². The van der Waals surface area contributed by atoms with Crippen LogP contribution in [0.3, 0.4) is 0 Å². The van der Waals surface area contributed by atoms with Crippen LogP contribution in [0.4, 0.5) is 5.13 Å². The zero-order chi connectivity index (χ0) is 15.4. The quantitative estimate of drug-likeness (QED) is 0.822. The van der Waals surface area contributed by atoms with E-state index < -0.39 is 0 Å². The number of nitrogens with zero attached hydrogens (tertiary/aromatic N) is 3. The standard InChI is InChI=1S/C14H23N3O3S/c1-4-20-13(19)12-11(3)15-14(21-12)17-7-5-16(6-8-17)9-10(2)18/h10,18H,4-9H2,1-3H3/t10-/m1/s1. The molecule has 1 aromatic heterocycles. The van der Waals surface area contributed by atoms with Crippen LogP contribution in [0.15, 0.2) is 0 Å². The number of esters is 1. The lowest BCUT2D eigenvalue weighted by atomic mass is 10.3. The molecule has 0 amide bonds. The number of hydrogen-bond acceptors (Lipinski definition) is 7. The van der Waals surface area contributed by atoms with E-state index in [0.29, 0.717) is 18.0 Å². The number of aromatic nitrogens is 1. The van der Waals surface area contributed by atoms with Crippen LogP contribution in [0.5, 0.6) is 0 Å². The van der Waals surface area contributed by atoms with E-state index in [1.54, 1.807) is 6.92 Å². The summed E-state index contributed by atoms with van der Waals surface area (Å²) in [6, 6.07) is 0. The molecule has 0 aliphatic carbocycles. The van der Waals surface area contributed by atoms with Crippen LogP contribution in [0.1, 0.15) is 29.2 Å². The van der Waals surface area contributed by atoms with Gasteiger partial charge in [-0.1, -0.05) is 11.3 Å². The number of aryl methyl sites for hydroxylation is 1. The molecule has 1 atom stereocenters. The van der Waals surface area contributed by atoms with Gasteiger partial charge in [0.05, 0.1) is 18.4 Å². The number of rotatable bonds is 5. The van der Waals surface area contributed by atoms with Gasteiger partial charge in [-0.05, 0) is 20.8 Å². The van der Waals surface area contributed by atoms with Crippen molar-refractivity contribution in [2.45, 2.75) is 26.9 Å². The minimum absolute atomic E-state index is 0.286. The first kappa shape index (κ1) is 16.2. The molecule has 1 aliphatic heterocycles. The highest BCUT2D eigenvalue weighted by Crippen LogP contribution is 2.27. The highest BCUT2D eigenvalue weighted by atomic mass is 32.1. The molecule has 0 unspecified atom stereocenters. The Morgan fingerprint density at radius 2 is 2.10 bits per heavy atom. The largest absolute Gasteiger partial charge is 0.462 e. The Morgan fingerprint density at radius 3 is 2.67 bits per heavy atom. The Bertz CT molecular complexity index is 482. The molecular weight excluding hydrogens is 290 g/mol. The van der Waals surface area contributed by atoms with Crippen LogP contribution in [0.25, 0.3) is 0 Å². The van der Waals surface area contributed by atoms with Crippen LogP contribution in [-0.4, -0.2) is 66.4 Å². The highest BCUT2D eigenvalue weighted by Gasteiger charge is 2.23. The van der Waals surface area contributed by atoms with Gasteiger partial charge < -0.3 is 14.7 Å². The summed E-state index contributed by atoms with van der Waals surface area (Å²) in [5.74, 6) is -0.286. The number of β-amino-alcohol motifs (C(OH)–C–C–N with tert-alkyl or cyclic N) is 1. The number of carbonyl (C=O) groups excluding carboxylic acids is 1. The fourth-order valence-electron chi connectivity index (χ4n) is 2.40. The number of anilines is 1. The van der Waals surface area contributed by atoms with Crippen LogP contribution in [0, 0.1) is 6.92 Å². The molecule has 0 saturated carbocycles. The number of thiazole rings is 1. The lowest BCUT2D eigenvalue weighted by Gasteiger charge is -2.35. The maximum absolute atomic E-state index is 11.8. The van der Waals surface area contributed by atoms with Crippen molar-refractivity contribution in [3.8, 4) is 0 Å². The van der Waals surface area contributed by atoms with Crippen molar-refractivity contribution >= 4 is 22.4 Å². The zero-order valence-corrected chi connectivity index (χ0v) is 13.7. The molecule has 0 bridgehead atoms. The summed E-state index contributed by atoms with van der Waals surface area (Å²) in [4.78, 5) is 21.4. The van der Waals surface area contributed by atoms with Crippen molar-refractivity contribution in [2.75, 3.05) is 44.2 Å². The predicted molar refractivity (Wildman–Crippen MR) is 83.1 cm³/mol. The molecule has 1 N–H and O–H groups in total. The van der Waals surface area contributed by atoms with E-state index in [1.165, 1.54) is 11.3 Å². The predicted octanol–water partition coefficient (Wildman–Crippen LogP) is 1.13. The van der Waals surface area contributed by atoms with E-state index in [9.17, 15) is 9.90 Å². The third-order valence-corrected chi connectivity index (χ3v) is 4.61. The first-order valence-electron chi connectivity index (χ1n) is 7.31. The summed E-state index contributed by atoms with van der Waals surface area (Å²) in [5.41, 5.74) is 0.736. The van der Waals surface area contributed by atoms with Crippen molar-refractivity contribution in [3.63, 3.8) is 0 Å². The Hall–Kier alpha value is -1.18. The molecule has 21 heavy (non-hydrogen) atoms. The highest BCUT2D eigenvalue weighted by molar-refractivity contribution is 7.17. The molecule has 1 aliphatic rings. The van der Waals surface area contributed by atoms with Gasteiger partial charge in [-0.3, -0.25) is 4.90 Å². The van der Waals surface area contributed by atoms with E-state index >= 15 is 0 Å². The van der Waals surface area contributed by atoms with Gasteiger partial charge in [0.25, 0.3) is 0 Å². The molecule has 6 nitrogen and oxygen atoms in total. The summed E-state index contributed by atoms with van der Waals surface area (Å²) >= 11 is 1.40. The van der Waals surface area contributed by atoms with Crippen LogP contribution in [-0.2, 0) is 4.74 Å². The summed E-state index contributed by atoms with van der Waals surface area (Å²) in [7, 11) is 0. The molecule has 118 valence electrons. The molecule has 0 aromatic carbocycles. The lowest BCUT2D eigenvalue weighted by molar-refractivity contribution is 0.0531. The molecule has 1 aromatic rings. The van der Waals surface area contributed by atoms with Gasteiger partial charge in [0.2, 0.25) is 0 Å². The van der Waals surface area contributed by atoms with Crippen molar-refractivity contribution < 1.29 is 14.6 Å². The minimum Gasteiger partial charge on any atom is -0.462 e. The Morgan fingerprint density at radius 1 is 1.43 bits per heavy atom. The van der Waals surface area contributed by atoms with E-state index in [-0.39, 0.29) is 12.1 Å². The van der Waals surface area contributed by atoms with Crippen molar-refractivity contribution in [1.82, 2.24) is 9.88 Å². The number of piperazine rings is 1. The summed E-state index contributed by atoms with van der Waals surface area (Å²) < 4.78 is 5.05. The SMILES string of the molecule is CCOC(=O)c1sc(N2CCN(C[C@@H](C)O)CC2)nc1C. The van der Waals surface area contributed by atoms with E-state index in [0.717, 1.165) is 37.0 Å². The number of aliphatic hydroxyl groups excluding tert-OH is 1. The summed E-state index contributed by atoms with van der Waals surface area (Å²) in [5, 5.41) is 10.3. The maximum atomic E-state index is 11.8. The third-order valence-electron chi connectivity index (χ3n) is 3.41. The molecule has 7 heteroatoms. The van der Waals surface area contributed by atoms with E-state index in [2.05, 4.69) is 14.8 Å². The smallest absolute Gasteiger partial charge is 0.350 e. The van der Waals surface area contributed by atoms with Crippen LogP contribution in [0.2, 0.25) is 0 Å². The average Bonchev–Trinajstić information content (AvgIpc) is 2.81. The Kier molecular flexibility index (Phi) is 5.55. The molecule has 0 spiro atoms. The molecule has 0 radical (unpaired) electrons. The van der Waals surface area contributed by atoms with Gasteiger partial charge in [-0.15, -0.1) is 0 Å². The average molecular weight is 313 g/mol. The summed E-state index contributed by atoms with van der Waals surface area (Å²) in [6.45, 7) is 10.1. The van der Waals surface area contributed by atoms with Gasteiger partial charge in [0.1, 0.15) is 4.88 Å². The fraction of sp³-hybridized carbons (Fsp3) is 0.714. The zero-order valence-electron chi connectivity index (χ0n) is 12.8. The van der Waals surface area contributed by atoms with E-state index in [1.807, 2.05) is 13.8 Å². The minimum atomic E-state index is -0.297. The van der Waals surface area contributed by atoms with Gasteiger partial charge in [0, 0.05) is 32.7 Å². The monoisotopic (exact) mass is 313 g/mol. The molecule has 1 fully saturated rings. The molecular formula is C14H23N3O3S. The molecule has 2 heterocycles. The van der Waals surface area contributed by atoms with Gasteiger partial charge in [-0.25, -0.2) is 9.78 Å². The normalized spacial score (nSPS) is 17.8. The summed E-state index contributed by atoms with van der Waals surface area (Å²) in [6.07, 6.45) is -0.297. The first-order valence-corrected chi connectivity index (χ1v) is 8.12. The lowest BCUT2D eigenvalue weighted by Crippen LogP contribution is -2.48. The number of carbonyl (C=O) groups is 1. The van der Waals surface area contributed by atoms with Gasteiger partial charge in [-0.2, -0.15) is 0 Å². The van der Waals surface area contributed by atoms with Crippen molar-refractivity contribution in [3.05, 3.63) is 10.6 Å². The Labute approximate surface area is 129 Å². The number of aliphatic hydroxyl groups is 1. The fourth-order valence-corrected chi connectivity index (χ4v) is 3.41. The second kappa shape index (κ2) is 7.20. The maximum Gasteiger partial charge on any atom is 0.350 e. The van der Waals surface area contributed by atoms with Gasteiger partial charge >= 0.3 is 5.97 Å². The van der Waals surface area contributed by atoms with E-state index in [4.69, 9.17) is 4.74 Å². The third kappa shape index (κ3) is 4.15. The van der Waals surface area contributed by atoms with Crippen molar-refractivity contribution in [1.29, 1.82) is 0 Å². The van der Waals surface area contributed by atoms with Crippen LogP contribution < -0.4 is 4.90 Å². The van der Waals surface area contributed by atoms with Crippen LogP contribution >= 0.6 is 11.3 Å². The second-order valence-corrected chi connectivity index (χ2v) is 6.25. The second-order valence-electron chi connectivity index (χ2n) is 5.27. The molecule has 2 rings (SSSR count).